The molecular weight excluding hydrogens is 477 g/mol. The molecule has 0 heterocycles. The maximum atomic E-state index is 10.3. The van der Waals surface area contributed by atoms with E-state index in [4.69, 9.17) is 0 Å². The topological polar surface area (TPSA) is 72.4 Å². The van der Waals surface area contributed by atoms with E-state index in [-0.39, 0.29) is 65.7 Å². The SMILES string of the molecule is CCCCCCCCCCCCCCCCCCCCCCCCCCCCOP(=O)([O-])[O-].[Na+].[Na+]. The van der Waals surface area contributed by atoms with Crippen LogP contribution in [-0.4, -0.2) is 6.61 Å². The molecule has 35 heavy (non-hydrogen) atoms. The molecule has 0 unspecified atom stereocenters. The van der Waals surface area contributed by atoms with Crippen molar-refractivity contribution in [3.63, 3.8) is 0 Å². The first-order valence-electron chi connectivity index (χ1n) is 14.7. The van der Waals surface area contributed by atoms with Crippen LogP contribution in [0.4, 0.5) is 0 Å². The minimum Gasteiger partial charge on any atom is -0.790 e. The Morgan fingerprint density at radius 2 is 0.629 bits per heavy atom. The van der Waals surface area contributed by atoms with Crippen molar-refractivity contribution < 1.29 is 78.0 Å². The Morgan fingerprint density at radius 3 is 0.829 bits per heavy atom. The maximum absolute atomic E-state index is 10.3. The van der Waals surface area contributed by atoms with Gasteiger partial charge >= 0.3 is 59.1 Å². The summed E-state index contributed by atoms with van der Waals surface area (Å²) < 4.78 is 14.6. The summed E-state index contributed by atoms with van der Waals surface area (Å²) >= 11 is 0. The van der Waals surface area contributed by atoms with Crippen LogP contribution in [0, 0.1) is 0 Å². The summed E-state index contributed by atoms with van der Waals surface area (Å²) in [6.45, 7) is 2.33. The Kier molecular flexibility index (Phi) is 40.6. The number of rotatable bonds is 28. The van der Waals surface area contributed by atoms with E-state index in [1.165, 1.54) is 148 Å². The molecule has 4 nitrogen and oxygen atoms in total. The molecule has 0 rings (SSSR count). The van der Waals surface area contributed by atoms with Crippen molar-refractivity contribution >= 4 is 7.82 Å². The molecule has 0 aromatic heterocycles. The van der Waals surface area contributed by atoms with Crippen molar-refractivity contribution in [1.29, 1.82) is 0 Å². The number of phosphoric ester groups is 1. The van der Waals surface area contributed by atoms with Crippen molar-refractivity contribution in [3.05, 3.63) is 0 Å². The first-order valence-corrected chi connectivity index (χ1v) is 16.2. The quantitative estimate of drug-likeness (QED) is 0.0879. The van der Waals surface area contributed by atoms with E-state index in [2.05, 4.69) is 11.4 Å². The zero-order valence-electron chi connectivity index (χ0n) is 24.2. The molecule has 0 saturated heterocycles. The molecule has 0 saturated carbocycles. The van der Waals surface area contributed by atoms with Crippen molar-refractivity contribution in [2.45, 2.75) is 174 Å². The van der Waals surface area contributed by atoms with Gasteiger partial charge in [0.1, 0.15) is 0 Å². The van der Waals surface area contributed by atoms with Gasteiger partial charge in [0.15, 0.2) is 0 Å². The Balaban J connectivity index is -0.00000512. The van der Waals surface area contributed by atoms with Crippen LogP contribution in [0.15, 0.2) is 0 Å². The van der Waals surface area contributed by atoms with Gasteiger partial charge in [-0.1, -0.05) is 167 Å². The smallest absolute Gasteiger partial charge is 0.790 e. The Hall–Kier alpha value is 2.11. The monoisotopic (exact) mass is 534 g/mol. The van der Waals surface area contributed by atoms with Crippen LogP contribution in [-0.2, 0) is 9.09 Å². The van der Waals surface area contributed by atoms with Crippen LogP contribution in [0.5, 0.6) is 0 Å². The van der Waals surface area contributed by atoms with Crippen LogP contribution in [0.25, 0.3) is 0 Å². The third kappa shape index (κ3) is 40.7. The summed E-state index contributed by atoms with van der Waals surface area (Å²) in [5, 5.41) is 0. The predicted molar refractivity (Wildman–Crippen MR) is 139 cm³/mol. The number of unbranched alkanes of at least 4 members (excludes halogenated alkanes) is 25. The first-order chi connectivity index (χ1) is 16.1. The van der Waals surface area contributed by atoms with Gasteiger partial charge in [-0.15, -0.1) is 0 Å². The minimum absolute atomic E-state index is 0. The summed E-state index contributed by atoms with van der Waals surface area (Å²) in [5.74, 6) is 0. The Bertz CT molecular complexity index is 422. The third-order valence-electron chi connectivity index (χ3n) is 6.75. The fraction of sp³-hybridized carbons (Fsp3) is 1.00. The second-order valence-electron chi connectivity index (χ2n) is 10.1. The fourth-order valence-corrected chi connectivity index (χ4v) is 4.95. The van der Waals surface area contributed by atoms with E-state index < -0.39 is 7.82 Å². The molecule has 0 aliphatic carbocycles. The molecule has 0 aliphatic heterocycles. The van der Waals surface area contributed by atoms with Crippen LogP contribution >= 0.6 is 7.82 Å². The van der Waals surface area contributed by atoms with Gasteiger partial charge < -0.3 is 18.9 Å². The molecule has 0 atom stereocenters. The van der Waals surface area contributed by atoms with E-state index in [0.29, 0.717) is 6.42 Å². The summed E-state index contributed by atoms with van der Waals surface area (Å²) in [6, 6.07) is 0. The van der Waals surface area contributed by atoms with Gasteiger partial charge in [0.05, 0.1) is 14.4 Å². The Labute approximate surface area is 264 Å². The van der Waals surface area contributed by atoms with E-state index in [1.54, 1.807) is 0 Å². The standard InChI is InChI=1S/C28H59O4P.2Na/c1-2-3-4-5-6-7-8-9-10-11-12-13-14-15-16-17-18-19-20-21-22-23-24-25-26-27-28-32-33(29,30)31;;/h2-28H2,1H3,(H2,29,30,31);;/q;2*+1/p-2. The first kappa shape index (κ1) is 41.6. The Morgan fingerprint density at radius 1 is 0.429 bits per heavy atom. The zero-order valence-corrected chi connectivity index (χ0v) is 29.1. The van der Waals surface area contributed by atoms with Gasteiger partial charge in [-0.3, -0.25) is 0 Å². The van der Waals surface area contributed by atoms with Crippen LogP contribution in [0.3, 0.4) is 0 Å². The molecule has 200 valence electrons. The van der Waals surface area contributed by atoms with Crippen LogP contribution in [0.1, 0.15) is 174 Å². The number of hydrogen-bond donors (Lipinski definition) is 0. The second-order valence-corrected chi connectivity index (χ2v) is 11.3. The van der Waals surface area contributed by atoms with E-state index in [1.807, 2.05) is 0 Å². The van der Waals surface area contributed by atoms with Crippen LogP contribution in [0.2, 0.25) is 0 Å². The van der Waals surface area contributed by atoms with Gasteiger partial charge in [0, 0.05) is 0 Å². The largest absolute Gasteiger partial charge is 1.00 e. The van der Waals surface area contributed by atoms with Gasteiger partial charge in [0.2, 0.25) is 0 Å². The molecule has 0 N–H and O–H groups in total. The summed E-state index contributed by atoms with van der Waals surface area (Å²) in [5.41, 5.74) is 0. The molecule has 7 heteroatoms. The average Bonchev–Trinajstić information content (AvgIpc) is 2.78. The number of hydrogen-bond acceptors (Lipinski definition) is 4. The maximum Gasteiger partial charge on any atom is 1.00 e. The summed E-state index contributed by atoms with van der Waals surface area (Å²) in [7, 11) is -4.77. The predicted octanol–water partition coefficient (Wildman–Crippen LogP) is 3.00. The molecule has 0 aromatic rings. The molecule has 0 aliphatic rings. The molecule has 0 fully saturated rings. The van der Waals surface area contributed by atoms with Crippen molar-refractivity contribution in [2.24, 2.45) is 0 Å². The number of phosphoric acid groups is 1. The van der Waals surface area contributed by atoms with E-state index in [9.17, 15) is 14.4 Å². The van der Waals surface area contributed by atoms with Crippen LogP contribution < -0.4 is 68.9 Å². The molecule has 0 radical (unpaired) electrons. The van der Waals surface area contributed by atoms with Gasteiger partial charge in [-0.2, -0.15) is 0 Å². The van der Waals surface area contributed by atoms with Gasteiger partial charge in [0.25, 0.3) is 0 Å². The van der Waals surface area contributed by atoms with Crippen molar-refractivity contribution in [3.8, 4) is 0 Å². The molecule has 0 bridgehead atoms. The molecule has 0 spiro atoms. The third-order valence-corrected chi connectivity index (χ3v) is 7.25. The average molecular weight is 535 g/mol. The minimum atomic E-state index is -4.77. The van der Waals surface area contributed by atoms with Gasteiger partial charge in [-0.25, -0.2) is 0 Å². The van der Waals surface area contributed by atoms with E-state index in [0.717, 1.165) is 12.8 Å². The normalized spacial score (nSPS) is 11.3. The molecular formula is C28H57Na2O4P. The van der Waals surface area contributed by atoms with E-state index >= 15 is 0 Å². The summed E-state index contributed by atoms with van der Waals surface area (Å²) in [4.78, 5) is 20.6. The van der Waals surface area contributed by atoms with Gasteiger partial charge in [-0.05, 0) is 6.42 Å². The second kappa shape index (κ2) is 34.1. The zero-order chi connectivity index (χ0) is 24.3. The summed E-state index contributed by atoms with van der Waals surface area (Å²) in [6.07, 6.45) is 35.0. The van der Waals surface area contributed by atoms with Crippen molar-refractivity contribution in [1.82, 2.24) is 0 Å². The fourth-order valence-electron chi connectivity index (χ4n) is 4.59. The molecule has 0 aromatic carbocycles. The molecule has 0 amide bonds. The van der Waals surface area contributed by atoms with Crippen molar-refractivity contribution in [2.75, 3.05) is 6.61 Å².